The van der Waals surface area contributed by atoms with Crippen molar-refractivity contribution in [1.29, 1.82) is 0 Å². The van der Waals surface area contributed by atoms with Gasteiger partial charge in [0.2, 0.25) is 0 Å². The Hall–Kier alpha value is -2.65. The van der Waals surface area contributed by atoms with Gasteiger partial charge in [0.05, 0.1) is 30.1 Å². The second-order valence-electron chi connectivity index (χ2n) is 7.68. The van der Waals surface area contributed by atoms with Gasteiger partial charge in [-0.05, 0) is 48.7 Å². The van der Waals surface area contributed by atoms with Crippen molar-refractivity contribution in [3.63, 3.8) is 0 Å². The van der Waals surface area contributed by atoms with Crippen molar-refractivity contribution in [3.8, 4) is 11.5 Å². The topological polar surface area (TPSA) is 68.7 Å². The maximum Gasteiger partial charge on any atom is 0.185 e. The van der Waals surface area contributed by atoms with Crippen LogP contribution >= 0.6 is 11.3 Å². The van der Waals surface area contributed by atoms with Crippen LogP contribution < -0.4 is 14.4 Å². The van der Waals surface area contributed by atoms with E-state index in [0.29, 0.717) is 43.9 Å². The summed E-state index contributed by atoms with van der Waals surface area (Å²) in [5, 5.41) is 2.41. The Morgan fingerprint density at radius 1 is 1.09 bits per heavy atom. The summed E-state index contributed by atoms with van der Waals surface area (Å²) >= 11 is 1.56. The molecule has 0 radical (unpaired) electrons. The molecule has 9 heteroatoms. The van der Waals surface area contributed by atoms with Gasteiger partial charge in [0.15, 0.2) is 26.5 Å². The maximum absolute atomic E-state index is 13.5. The summed E-state index contributed by atoms with van der Waals surface area (Å²) in [6.45, 7) is 1.20. The van der Waals surface area contributed by atoms with E-state index >= 15 is 0 Å². The Labute approximate surface area is 191 Å². The van der Waals surface area contributed by atoms with Crippen LogP contribution in [0.15, 0.2) is 52.7 Å². The number of nitrogens with zero attached hydrogens (tertiary/aromatic N) is 2. The van der Waals surface area contributed by atoms with E-state index in [9.17, 15) is 12.8 Å². The van der Waals surface area contributed by atoms with E-state index in [1.165, 1.54) is 18.2 Å². The van der Waals surface area contributed by atoms with Gasteiger partial charge in [-0.15, -0.1) is 11.3 Å². The third-order valence-corrected chi connectivity index (χ3v) is 8.86. The fourth-order valence-corrected chi connectivity index (χ4v) is 6.56. The monoisotopic (exact) mass is 476 g/mol. The van der Waals surface area contributed by atoms with Crippen molar-refractivity contribution < 1.29 is 22.3 Å². The molecule has 6 nitrogen and oxygen atoms in total. The molecule has 170 valence electrons. The number of hydrogen-bond donors (Lipinski definition) is 0. The van der Waals surface area contributed by atoms with Gasteiger partial charge >= 0.3 is 0 Å². The number of aromatic nitrogens is 1. The average molecular weight is 477 g/mol. The summed E-state index contributed by atoms with van der Waals surface area (Å²) in [7, 11) is -0.324. The number of benzene rings is 2. The molecule has 1 aliphatic rings. The smallest absolute Gasteiger partial charge is 0.185 e. The highest BCUT2D eigenvalue weighted by Gasteiger charge is 2.32. The summed E-state index contributed by atoms with van der Waals surface area (Å²) in [5.74, 6) is 0.835. The first kappa shape index (κ1) is 22.5. The molecule has 1 saturated heterocycles. The van der Waals surface area contributed by atoms with E-state index in [1.54, 1.807) is 25.6 Å². The van der Waals surface area contributed by atoms with Crippen LogP contribution in [0.5, 0.6) is 11.5 Å². The average Bonchev–Trinajstić information content (AvgIpc) is 3.27. The summed E-state index contributed by atoms with van der Waals surface area (Å²) in [6, 6.07) is 11.1. The lowest BCUT2D eigenvalue weighted by molar-refractivity contribution is 0.354. The zero-order valence-corrected chi connectivity index (χ0v) is 19.6. The molecule has 0 amide bonds. The molecule has 1 aromatic heterocycles. The molecule has 0 saturated carbocycles. The zero-order valence-electron chi connectivity index (χ0n) is 18.0. The first-order valence-electron chi connectivity index (χ1n) is 10.3. The van der Waals surface area contributed by atoms with Crippen molar-refractivity contribution in [1.82, 2.24) is 4.98 Å². The molecule has 0 spiro atoms. The molecular weight excluding hydrogens is 451 g/mol. The van der Waals surface area contributed by atoms with Crippen LogP contribution in [-0.2, 0) is 16.3 Å². The Morgan fingerprint density at radius 3 is 2.53 bits per heavy atom. The van der Waals surface area contributed by atoms with Crippen LogP contribution in [0.3, 0.4) is 0 Å². The van der Waals surface area contributed by atoms with E-state index in [4.69, 9.17) is 14.5 Å². The van der Waals surface area contributed by atoms with Gasteiger partial charge in [-0.1, -0.05) is 12.1 Å². The normalized spacial score (nSPS) is 15.0. The summed E-state index contributed by atoms with van der Waals surface area (Å²) in [4.78, 5) is 6.94. The Balaban J connectivity index is 1.40. The Bertz CT molecular complexity index is 1190. The van der Waals surface area contributed by atoms with E-state index in [1.807, 2.05) is 23.6 Å². The first-order chi connectivity index (χ1) is 15.4. The van der Waals surface area contributed by atoms with Crippen molar-refractivity contribution in [3.05, 3.63) is 64.9 Å². The van der Waals surface area contributed by atoms with E-state index < -0.39 is 20.9 Å². The third-order valence-electron chi connectivity index (χ3n) is 5.65. The van der Waals surface area contributed by atoms with Gasteiger partial charge in [-0.2, -0.15) is 0 Å². The van der Waals surface area contributed by atoms with Crippen molar-refractivity contribution in [2.45, 2.75) is 29.4 Å². The molecule has 1 aliphatic heterocycles. The van der Waals surface area contributed by atoms with E-state index in [0.717, 1.165) is 22.5 Å². The van der Waals surface area contributed by atoms with Crippen LogP contribution in [-0.4, -0.2) is 46.0 Å². The highest BCUT2D eigenvalue weighted by molar-refractivity contribution is 7.92. The Morgan fingerprint density at radius 2 is 1.84 bits per heavy atom. The molecule has 2 heterocycles. The number of anilines is 1. The number of rotatable bonds is 7. The zero-order chi connectivity index (χ0) is 22.7. The van der Waals surface area contributed by atoms with Crippen LogP contribution in [0, 0.1) is 5.82 Å². The van der Waals surface area contributed by atoms with Gasteiger partial charge in [-0.25, -0.2) is 17.8 Å². The second kappa shape index (κ2) is 9.46. The molecule has 4 rings (SSSR count). The van der Waals surface area contributed by atoms with Crippen LogP contribution in [0.2, 0.25) is 0 Å². The highest BCUT2D eigenvalue weighted by atomic mass is 32.2. The fourth-order valence-electron chi connectivity index (χ4n) is 3.92. The lowest BCUT2D eigenvalue weighted by Gasteiger charge is -2.31. The molecule has 2 aromatic carbocycles. The van der Waals surface area contributed by atoms with Crippen LogP contribution in [0.1, 0.15) is 24.1 Å². The molecule has 0 atom stereocenters. The summed E-state index contributed by atoms with van der Waals surface area (Å²) in [5.41, 5.74) is 2.02. The number of sulfone groups is 1. The van der Waals surface area contributed by atoms with Crippen molar-refractivity contribution >= 4 is 26.3 Å². The van der Waals surface area contributed by atoms with Crippen LogP contribution in [0.4, 0.5) is 9.52 Å². The van der Waals surface area contributed by atoms with Gasteiger partial charge < -0.3 is 14.4 Å². The van der Waals surface area contributed by atoms with Gasteiger partial charge in [0.1, 0.15) is 5.82 Å². The lowest BCUT2D eigenvalue weighted by Crippen LogP contribution is -2.39. The van der Waals surface area contributed by atoms with Crippen molar-refractivity contribution in [2.24, 2.45) is 0 Å². The number of methoxy groups -OCH3 is 2. The molecule has 0 unspecified atom stereocenters. The number of hydrogen-bond acceptors (Lipinski definition) is 7. The SMILES string of the molecule is COc1ccc(Cc2csc(N3CCC(S(=O)(=O)c4cccc(F)c4)CC3)n2)cc1OC. The van der Waals surface area contributed by atoms with E-state index in [2.05, 4.69) is 4.90 Å². The summed E-state index contributed by atoms with van der Waals surface area (Å²) < 4.78 is 49.9. The molecule has 0 aliphatic carbocycles. The molecule has 1 fully saturated rings. The highest BCUT2D eigenvalue weighted by Crippen LogP contribution is 2.31. The number of piperidine rings is 1. The standard InChI is InChI=1S/C23H25FN2O4S2/c1-29-21-7-6-16(13-22(21)30-2)12-18-15-31-23(25-18)26-10-8-19(9-11-26)32(27,28)20-5-3-4-17(24)14-20/h3-7,13-15,19H,8-12H2,1-2H3. The Kier molecular flexibility index (Phi) is 6.66. The fraction of sp³-hybridized carbons (Fsp3) is 0.348. The molecule has 0 N–H and O–H groups in total. The molecule has 0 bridgehead atoms. The minimum atomic E-state index is -3.54. The predicted molar refractivity (Wildman–Crippen MR) is 123 cm³/mol. The van der Waals surface area contributed by atoms with Gasteiger partial charge in [0.25, 0.3) is 0 Å². The predicted octanol–water partition coefficient (Wildman–Crippen LogP) is 4.33. The van der Waals surface area contributed by atoms with Crippen LogP contribution in [0.25, 0.3) is 0 Å². The number of halogens is 1. The maximum atomic E-state index is 13.5. The number of ether oxygens (including phenoxy) is 2. The minimum absolute atomic E-state index is 0.0578. The lowest BCUT2D eigenvalue weighted by atomic mass is 10.1. The molecular formula is C23H25FN2O4S2. The first-order valence-corrected chi connectivity index (χ1v) is 12.7. The largest absolute Gasteiger partial charge is 0.493 e. The summed E-state index contributed by atoms with van der Waals surface area (Å²) in [6.07, 6.45) is 1.65. The number of thiazole rings is 1. The molecule has 32 heavy (non-hydrogen) atoms. The van der Waals surface area contributed by atoms with Crippen molar-refractivity contribution in [2.75, 3.05) is 32.2 Å². The van der Waals surface area contributed by atoms with Gasteiger partial charge in [0, 0.05) is 24.9 Å². The molecule has 3 aromatic rings. The van der Waals surface area contributed by atoms with Gasteiger partial charge in [-0.3, -0.25) is 0 Å². The second-order valence-corrected chi connectivity index (χ2v) is 10.7. The minimum Gasteiger partial charge on any atom is -0.493 e. The third kappa shape index (κ3) is 4.73. The van der Waals surface area contributed by atoms with E-state index in [-0.39, 0.29) is 4.90 Å². The quantitative estimate of drug-likeness (QED) is 0.506.